The normalized spacial score (nSPS) is 11.7. The molecule has 0 amide bonds. The number of carbonyl (C=O) groups is 2. The van der Waals surface area contributed by atoms with Crippen LogP contribution in [0, 0.1) is 18.6 Å². The number of rotatable bonds is 8. The van der Waals surface area contributed by atoms with Crippen LogP contribution in [0.15, 0.2) is 66.7 Å². The van der Waals surface area contributed by atoms with Crippen LogP contribution in [0.2, 0.25) is 0 Å². The molecule has 3 rings (SSSR count). The van der Waals surface area contributed by atoms with Gasteiger partial charge in [-0.25, -0.2) is 8.78 Å². The minimum absolute atomic E-state index is 0.0162. The minimum Gasteiger partial charge on any atom is -0.497 e. The summed E-state index contributed by atoms with van der Waals surface area (Å²) in [6.45, 7) is 1.61. The quantitative estimate of drug-likeness (QED) is 0.435. The standard InChI is InChI=1S/C25H22F2O3/c1-16-20(10-6-12-22(16)26)18(15-25(29)21-9-3-4-11-23(21)27)14-24(28)17-7-5-8-19(13-17)30-2/h3-13,18H,14-15H2,1-2H3. The lowest BCUT2D eigenvalue weighted by atomic mass is 9.84. The second-order valence-corrected chi connectivity index (χ2v) is 7.12. The molecule has 0 aliphatic heterocycles. The van der Waals surface area contributed by atoms with Crippen molar-refractivity contribution in [3.63, 3.8) is 0 Å². The molecule has 154 valence electrons. The number of ketones is 2. The lowest BCUT2D eigenvalue weighted by Gasteiger charge is -2.19. The zero-order valence-electron chi connectivity index (χ0n) is 16.8. The first-order valence-electron chi connectivity index (χ1n) is 9.60. The van der Waals surface area contributed by atoms with Crippen LogP contribution in [0.25, 0.3) is 0 Å². The highest BCUT2D eigenvalue weighted by molar-refractivity contribution is 5.99. The fraction of sp³-hybridized carbons (Fsp3) is 0.200. The van der Waals surface area contributed by atoms with Gasteiger partial charge in [0.25, 0.3) is 0 Å². The summed E-state index contributed by atoms with van der Waals surface area (Å²) < 4.78 is 33.4. The minimum atomic E-state index is -0.615. The molecule has 0 aliphatic rings. The van der Waals surface area contributed by atoms with Gasteiger partial charge < -0.3 is 4.74 Å². The topological polar surface area (TPSA) is 43.4 Å². The molecule has 0 N–H and O–H groups in total. The first kappa shape index (κ1) is 21.4. The Kier molecular flexibility index (Phi) is 6.72. The summed E-state index contributed by atoms with van der Waals surface area (Å²) >= 11 is 0. The zero-order chi connectivity index (χ0) is 21.7. The highest BCUT2D eigenvalue weighted by Crippen LogP contribution is 2.31. The molecule has 0 saturated carbocycles. The number of carbonyl (C=O) groups excluding carboxylic acids is 2. The van der Waals surface area contributed by atoms with Gasteiger partial charge in [-0.15, -0.1) is 0 Å². The molecular formula is C25H22F2O3. The molecule has 0 aromatic heterocycles. The second kappa shape index (κ2) is 9.44. The van der Waals surface area contributed by atoms with E-state index in [0.29, 0.717) is 22.4 Å². The Bertz CT molecular complexity index is 1080. The van der Waals surface area contributed by atoms with Crippen molar-refractivity contribution in [3.8, 4) is 5.75 Å². The first-order valence-corrected chi connectivity index (χ1v) is 9.60. The lowest BCUT2D eigenvalue weighted by Crippen LogP contribution is -2.15. The number of ether oxygens (including phenoxy) is 1. The van der Waals surface area contributed by atoms with E-state index in [1.54, 1.807) is 49.4 Å². The number of hydrogen-bond acceptors (Lipinski definition) is 3. The summed E-state index contributed by atoms with van der Waals surface area (Å²) in [5.41, 5.74) is 1.34. The summed E-state index contributed by atoms with van der Waals surface area (Å²) in [5.74, 6) is -1.71. The van der Waals surface area contributed by atoms with Crippen LogP contribution >= 0.6 is 0 Å². The van der Waals surface area contributed by atoms with Crippen molar-refractivity contribution in [3.05, 3.63) is 101 Å². The van der Waals surface area contributed by atoms with E-state index >= 15 is 0 Å². The van der Waals surface area contributed by atoms with Crippen LogP contribution in [-0.2, 0) is 0 Å². The van der Waals surface area contributed by atoms with Gasteiger partial charge in [-0.05, 0) is 54.3 Å². The van der Waals surface area contributed by atoms with E-state index < -0.39 is 23.3 Å². The van der Waals surface area contributed by atoms with E-state index in [1.165, 1.54) is 31.4 Å². The predicted molar refractivity (Wildman–Crippen MR) is 111 cm³/mol. The zero-order valence-corrected chi connectivity index (χ0v) is 16.8. The third-order valence-electron chi connectivity index (χ3n) is 5.18. The SMILES string of the molecule is COc1cccc(C(=O)CC(CC(=O)c2ccccc2F)c2cccc(F)c2C)c1. The van der Waals surface area contributed by atoms with Crippen LogP contribution in [0.4, 0.5) is 8.78 Å². The number of benzene rings is 3. The second-order valence-electron chi connectivity index (χ2n) is 7.12. The van der Waals surface area contributed by atoms with E-state index in [0.717, 1.165) is 0 Å². The van der Waals surface area contributed by atoms with Crippen molar-refractivity contribution in [2.24, 2.45) is 0 Å². The van der Waals surface area contributed by atoms with Gasteiger partial charge in [0.2, 0.25) is 0 Å². The van der Waals surface area contributed by atoms with E-state index in [9.17, 15) is 18.4 Å². The van der Waals surface area contributed by atoms with Gasteiger partial charge in [0, 0.05) is 18.4 Å². The molecule has 1 atom stereocenters. The predicted octanol–water partition coefficient (Wildman–Crippen LogP) is 5.91. The molecule has 3 nitrogen and oxygen atoms in total. The van der Waals surface area contributed by atoms with Crippen molar-refractivity contribution in [1.29, 1.82) is 0 Å². The Labute approximate surface area is 174 Å². The van der Waals surface area contributed by atoms with Gasteiger partial charge >= 0.3 is 0 Å². The van der Waals surface area contributed by atoms with Gasteiger partial charge in [0.15, 0.2) is 11.6 Å². The smallest absolute Gasteiger partial charge is 0.166 e. The Hall–Kier alpha value is -3.34. The molecule has 5 heteroatoms. The molecule has 1 unspecified atom stereocenters. The molecule has 0 saturated heterocycles. The van der Waals surface area contributed by atoms with Gasteiger partial charge in [-0.1, -0.05) is 36.4 Å². The summed E-state index contributed by atoms with van der Waals surface area (Å²) in [6, 6.07) is 17.0. The van der Waals surface area contributed by atoms with Crippen LogP contribution in [-0.4, -0.2) is 18.7 Å². The number of Topliss-reactive ketones (excluding diaryl/α,β-unsaturated/α-hetero) is 2. The third-order valence-corrected chi connectivity index (χ3v) is 5.18. The van der Waals surface area contributed by atoms with Crippen molar-refractivity contribution >= 4 is 11.6 Å². The van der Waals surface area contributed by atoms with Crippen LogP contribution in [0.3, 0.4) is 0 Å². The monoisotopic (exact) mass is 408 g/mol. The average Bonchev–Trinajstić information content (AvgIpc) is 2.75. The molecule has 0 aliphatic carbocycles. The Balaban J connectivity index is 1.93. The molecule has 0 bridgehead atoms. The van der Waals surface area contributed by atoms with Crippen molar-refractivity contribution in [2.75, 3.05) is 7.11 Å². The highest BCUT2D eigenvalue weighted by atomic mass is 19.1. The van der Waals surface area contributed by atoms with Crippen molar-refractivity contribution < 1.29 is 23.1 Å². The maximum Gasteiger partial charge on any atom is 0.166 e. The summed E-state index contributed by atoms with van der Waals surface area (Å²) in [6.07, 6.45) is -0.126. The fourth-order valence-corrected chi connectivity index (χ4v) is 3.52. The number of hydrogen-bond donors (Lipinski definition) is 0. The van der Waals surface area contributed by atoms with E-state index in [-0.39, 0.29) is 24.2 Å². The fourth-order valence-electron chi connectivity index (χ4n) is 3.52. The Morgan fingerprint density at radius 3 is 2.27 bits per heavy atom. The maximum absolute atomic E-state index is 14.2. The molecule has 0 heterocycles. The van der Waals surface area contributed by atoms with Gasteiger partial charge in [0.1, 0.15) is 17.4 Å². The van der Waals surface area contributed by atoms with Gasteiger partial charge in [0.05, 0.1) is 12.7 Å². The van der Waals surface area contributed by atoms with E-state index in [2.05, 4.69) is 0 Å². The Morgan fingerprint density at radius 2 is 1.53 bits per heavy atom. The Morgan fingerprint density at radius 1 is 0.867 bits per heavy atom. The molecular weight excluding hydrogens is 386 g/mol. The summed E-state index contributed by atoms with van der Waals surface area (Å²) in [5, 5.41) is 0. The van der Waals surface area contributed by atoms with Crippen LogP contribution in [0.1, 0.15) is 50.6 Å². The molecule has 0 fully saturated rings. The van der Waals surface area contributed by atoms with Crippen LogP contribution in [0.5, 0.6) is 5.75 Å². The summed E-state index contributed by atoms with van der Waals surface area (Å²) in [4.78, 5) is 25.7. The largest absolute Gasteiger partial charge is 0.497 e. The van der Waals surface area contributed by atoms with E-state index in [4.69, 9.17) is 4.74 Å². The number of methoxy groups -OCH3 is 1. The van der Waals surface area contributed by atoms with E-state index in [1.807, 2.05) is 0 Å². The highest BCUT2D eigenvalue weighted by Gasteiger charge is 2.24. The number of halogens is 2. The molecule has 0 spiro atoms. The van der Waals surface area contributed by atoms with Crippen molar-refractivity contribution in [1.82, 2.24) is 0 Å². The lowest BCUT2D eigenvalue weighted by molar-refractivity contribution is 0.0942. The van der Waals surface area contributed by atoms with Gasteiger partial charge in [-0.3, -0.25) is 9.59 Å². The third kappa shape index (κ3) is 4.79. The maximum atomic E-state index is 14.2. The first-order chi connectivity index (χ1) is 14.4. The average molecular weight is 408 g/mol. The molecule has 3 aromatic carbocycles. The van der Waals surface area contributed by atoms with Gasteiger partial charge in [-0.2, -0.15) is 0 Å². The van der Waals surface area contributed by atoms with Crippen molar-refractivity contribution in [2.45, 2.75) is 25.7 Å². The van der Waals surface area contributed by atoms with Crippen LogP contribution < -0.4 is 4.74 Å². The molecule has 30 heavy (non-hydrogen) atoms. The molecule has 0 radical (unpaired) electrons. The molecule has 3 aromatic rings. The summed E-state index contributed by atoms with van der Waals surface area (Å²) in [7, 11) is 1.51.